The summed E-state index contributed by atoms with van der Waals surface area (Å²) in [6, 6.07) is 0. The van der Waals surface area contributed by atoms with Gasteiger partial charge in [0.05, 0.1) is 0 Å². The fourth-order valence-corrected chi connectivity index (χ4v) is 3.95. The number of amides is 1. The molecule has 0 spiro atoms. The maximum absolute atomic E-state index is 11.9. The first-order chi connectivity index (χ1) is 8.33. The van der Waals surface area contributed by atoms with Gasteiger partial charge in [0.15, 0.2) is 0 Å². The van der Waals surface area contributed by atoms with E-state index in [1.54, 1.807) is 0 Å². The van der Waals surface area contributed by atoms with Gasteiger partial charge in [0.25, 0.3) is 0 Å². The van der Waals surface area contributed by atoms with Crippen LogP contribution in [-0.4, -0.2) is 12.5 Å². The quantitative estimate of drug-likeness (QED) is 0.797. The van der Waals surface area contributed by atoms with Crippen molar-refractivity contribution in [2.24, 2.45) is 23.7 Å². The van der Waals surface area contributed by atoms with Crippen LogP contribution in [0.1, 0.15) is 57.8 Å². The van der Waals surface area contributed by atoms with E-state index in [-0.39, 0.29) is 0 Å². The first kappa shape index (κ1) is 11.6. The van der Waals surface area contributed by atoms with Crippen LogP contribution in [0, 0.1) is 23.7 Å². The Bertz CT molecular complexity index is 273. The second kappa shape index (κ2) is 4.99. The molecule has 0 aromatic heterocycles. The van der Waals surface area contributed by atoms with E-state index in [1.165, 1.54) is 57.8 Å². The number of rotatable bonds is 4. The molecule has 96 valence electrons. The van der Waals surface area contributed by atoms with E-state index in [4.69, 9.17) is 0 Å². The van der Waals surface area contributed by atoms with Crippen molar-refractivity contribution < 1.29 is 4.79 Å². The lowest BCUT2D eigenvalue weighted by Crippen LogP contribution is -2.31. The highest BCUT2D eigenvalue weighted by molar-refractivity contribution is 5.79. The maximum Gasteiger partial charge on any atom is 0.223 e. The molecule has 17 heavy (non-hydrogen) atoms. The molecule has 0 heterocycles. The highest BCUT2D eigenvalue weighted by Gasteiger charge is 2.47. The van der Waals surface area contributed by atoms with Crippen molar-refractivity contribution in [2.75, 3.05) is 6.54 Å². The van der Waals surface area contributed by atoms with Gasteiger partial charge in [0, 0.05) is 12.5 Å². The SMILES string of the molecule is O=C(NCCC1CCCCC1)C1CC2CC2C1. The molecule has 3 saturated carbocycles. The van der Waals surface area contributed by atoms with Crippen LogP contribution in [0.15, 0.2) is 0 Å². The van der Waals surface area contributed by atoms with Gasteiger partial charge in [0.1, 0.15) is 0 Å². The third kappa shape index (κ3) is 2.83. The van der Waals surface area contributed by atoms with Crippen molar-refractivity contribution in [3.63, 3.8) is 0 Å². The molecule has 2 nitrogen and oxygen atoms in total. The summed E-state index contributed by atoms with van der Waals surface area (Å²) in [4.78, 5) is 11.9. The van der Waals surface area contributed by atoms with Crippen molar-refractivity contribution >= 4 is 5.91 Å². The maximum atomic E-state index is 11.9. The first-order valence-corrected chi connectivity index (χ1v) is 7.60. The van der Waals surface area contributed by atoms with E-state index in [9.17, 15) is 4.79 Å². The molecule has 0 aromatic carbocycles. The lowest BCUT2D eigenvalue weighted by atomic mass is 9.87. The second-order valence-electron chi connectivity index (χ2n) is 6.51. The number of hydrogen-bond acceptors (Lipinski definition) is 1. The van der Waals surface area contributed by atoms with E-state index in [0.717, 1.165) is 24.3 Å². The van der Waals surface area contributed by atoms with Crippen LogP contribution < -0.4 is 5.32 Å². The zero-order chi connectivity index (χ0) is 11.7. The van der Waals surface area contributed by atoms with Crippen LogP contribution in [0.2, 0.25) is 0 Å². The van der Waals surface area contributed by atoms with Crippen LogP contribution in [0.4, 0.5) is 0 Å². The zero-order valence-electron chi connectivity index (χ0n) is 10.8. The average molecular weight is 235 g/mol. The lowest BCUT2D eigenvalue weighted by molar-refractivity contribution is -0.125. The molecule has 3 rings (SSSR count). The molecule has 0 saturated heterocycles. The van der Waals surface area contributed by atoms with Crippen molar-refractivity contribution in [1.29, 1.82) is 0 Å². The minimum Gasteiger partial charge on any atom is -0.356 e. The number of carbonyl (C=O) groups excluding carboxylic acids is 1. The Kier molecular flexibility index (Phi) is 3.39. The minimum absolute atomic E-state index is 0.355. The van der Waals surface area contributed by atoms with Crippen LogP contribution >= 0.6 is 0 Å². The topological polar surface area (TPSA) is 29.1 Å². The normalized spacial score (nSPS) is 36.6. The summed E-state index contributed by atoms with van der Waals surface area (Å²) < 4.78 is 0. The molecule has 2 heteroatoms. The van der Waals surface area contributed by atoms with Crippen LogP contribution in [0.5, 0.6) is 0 Å². The zero-order valence-corrected chi connectivity index (χ0v) is 10.8. The van der Waals surface area contributed by atoms with Gasteiger partial charge in [-0.15, -0.1) is 0 Å². The number of fused-ring (bicyclic) bond motifs is 1. The molecular weight excluding hydrogens is 210 g/mol. The first-order valence-electron chi connectivity index (χ1n) is 7.60. The average Bonchev–Trinajstić information content (AvgIpc) is 2.97. The molecule has 2 unspecified atom stereocenters. The summed E-state index contributed by atoms with van der Waals surface area (Å²) in [6.45, 7) is 0.926. The second-order valence-corrected chi connectivity index (χ2v) is 6.51. The molecule has 2 atom stereocenters. The van der Waals surface area contributed by atoms with E-state index >= 15 is 0 Å². The monoisotopic (exact) mass is 235 g/mol. The number of carbonyl (C=O) groups is 1. The van der Waals surface area contributed by atoms with Crippen molar-refractivity contribution in [3.8, 4) is 0 Å². The van der Waals surface area contributed by atoms with Gasteiger partial charge < -0.3 is 5.32 Å². The summed E-state index contributed by atoms with van der Waals surface area (Å²) in [5, 5.41) is 3.17. The summed E-state index contributed by atoms with van der Waals surface area (Å²) in [5.41, 5.74) is 0. The lowest BCUT2D eigenvalue weighted by Gasteiger charge is -2.22. The Labute approximate surface area is 105 Å². The summed E-state index contributed by atoms with van der Waals surface area (Å²) in [5.74, 6) is 3.45. The Morgan fingerprint density at radius 2 is 1.71 bits per heavy atom. The molecule has 3 aliphatic rings. The highest BCUT2D eigenvalue weighted by Crippen LogP contribution is 2.54. The fraction of sp³-hybridized carbons (Fsp3) is 0.933. The Hall–Kier alpha value is -0.530. The fourth-order valence-electron chi connectivity index (χ4n) is 3.95. The van der Waals surface area contributed by atoms with Crippen LogP contribution in [-0.2, 0) is 4.79 Å². The van der Waals surface area contributed by atoms with Crippen molar-refractivity contribution in [2.45, 2.75) is 57.8 Å². The molecular formula is C15H25NO. The number of nitrogens with one attached hydrogen (secondary N) is 1. The van der Waals surface area contributed by atoms with Gasteiger partial charge in [0.2, 0.25) is 5.91 Å². The molecule has 0 bridgehead atoms. The van der Waals surface area contributed by atoms with Gasteiger partial charge >= 0.3 is 0 Å². The molecule has 0 aliphatic heterocycles. The molecule has 3 fully saturated rings. The van der Waals surface area contributed by atoms with Gasteiger partial charge in [-0.05, 0) is 43.4 Å². The Morgan fingerprint density at radius 1 is 1.00 bits per heavy atom. The smallest absolute Gasteiger partial charge is 0.223 e. The van der Waals surface area contributed by atoms with Crippen molar-refractivity contribution in [3.05, 3.63) is 0 Å². The largest absolute Gasteiger partial charge is 0.356 e. The predicted octanol–water partition coefficient (Wildman–Crippen LogP) is 3.12. The molecule has 1 amide bonds. The molecule has 0 aromatic rings. The molecule has 3 aliphatic carbocycles. The van der Waals surface area contributed by atoms with Gasteiger partial charge in [-0.2, -0.15) is 0 Å². The van der Waals surface area contributed by atoms with Crippen LogP contribution in [0.3, 0.4) is 0 Å². The third-order valence-corrected chi connectivity index (χ3v) is 5.19. The Morgan fingerprint density at radius 3 is 2.41 bits per heavy atom. The summed E-state index contributed by atoms with van der Waals surface area (Å²) in [7, 11) is 0. The van der Waals surface area contributed by atoms with Crippen molar-refractivity contribution in [1.82, 2.24) is 5.32 Å². The minimum atomic E-state index is 0.355. The van der Waals surface area contributed by atoms with E-state index in [1.807, 2.05) is 0 Å². The van der Waals surface area contributed by atoms with Gasteiger partial charge in [-0.25, -0.2) is 0 Å². The van der Waals surface area contributed by atoms with Crippen LogP contribution in [0.25, 0.3) is 0 Å². The molecule has 1 N–H and O–H groups in total. The van der Waals surface area contributed by atoms with E-state index in [2.05, 4.69) is 5.32 Å². The third-order valence-electron chi connectivity index (χ3n) is 5.19. The van der Waals surface area contributed by atoms with E-state index < -0.39 is 0 Å². The summed E-state index contributed by atoms with van der Waals surface area (Å²) >= 11 is 0. The molecule has 0 radical (unpaired) electrons. The Balaban J connectivity index is 1.32. The number of hydrogen-bond donors (Lipinski definition) is 1. The van der Waals surface area contributed by atoms with E-state index in [0.29, 0.717) is 11.8 Å². The predicted molar refractivity (Wildman–Crippen MR) is 68.5 cm³/mol. The highest BCUT2D eigenvalue weighted by atomic mass is 16.1. The summed E-state index contributed by atoms with van der Waals surface area (Å²) in [6.07, 6.45) is 12.0. The van der Waals surface area contributed by atoms with Gasteiger partial charge in [-0.1, -0.05) is 32.1 Å². The van der Waals surface area contributed by atoms with Gasteiger partial charge in [-0.3, -0.25) is 4.79 Å². The standard InChI is InChI=1S/C15H25NO/c17-15(14-9-12-8-13(12)10-14)16-7-6-11-4-2-1-3-5-11/h11-14H,1-10H2,(H,16,17).